The molecule has 2 fully saturated rings. The Hall–Kier alpha value is -0.810. The summed E-state index contributed by atoms with van der Waals surface area (Å²) in [6.07, 6.45) is 7.39. The van der Waals surface area contributed by atoms with Crippen LogP contribution in [0.5, 0.6) is 0 Å². The molecule has 1 unspecified atom stereocenters. The van der Waals surface area contributed by atoms with E-state index >= 15 is 0 Å². The molecule has 0 spiro atoms. The summed E-state index contributed by atoms with van der Waals surface area (Å²) in [6, 6.07) is 0.807. The second-order valence-electron chi connectivity index (χ2n) is 7.31. The highest BCUT2D eigenvalue weighted by molar-refractivity contribution is 5.85. The Morgan fingerprint density at radius 3 is 2.76 bits per heavy atom. The van der Waals surface area contributed by atoms with E-state index in [0.717, 1.165) is 18.9 Å². The summed E-state index contributed by atoms with van der Waals surface area (Å²) in [7, 11) is 0. The molecule has 2 aliphatic rings. The Bertz CT molecular complexity index is 356. The molecule has 2 saturated heterocycles. The minimum absolute atomic E-state index is 0.199. The standard InChI is InChI=1S/C16H32N4O/c1-16(2,15(17)18-21)8-3-4-9-19-10-6-12-20-11-5-7-14(20)13-19/h14,21H,3-13H2,1-2H3,(H2,17,18). The quantitative estimate of drug-likeness (QED) is 0.259. The molecule has 3 N–H and O–H groups in total. The molecule has 0 saturated carbocycles. The van der Waals surface area contributed by atoms with Crippen LogP contribution in [0.4, 0.5) is 0 Å². The van der Waals surface area contributed by atoms with Crippen molar-refractivity contribution in [3.8, 4) is 0 Å². The third kappa shape index (κ3) is 4.58. The largest absolute Gasteiger partial charge is 0.409 e. The van der Waals surface area contributed by atoms with Crippen LogP contribution in [0.2, 0.25) is 0 Å². The Labute approximate surface area is 129 Å². The average Bonchev–Trinajstić information content (AvgIpc) is 2.81. The Morgan fingerprint density at radius 1 is 1.24 bits per heavy atom. The Balaban J connectivity index is 1.68. The predicted molar refractivity (Wildman–Crippen MR) is 86.7 cm³/mol. The van der Waals surface area contributed by atoms with Gasteiger partial charge in [-0.2, -0.15) is 0 Å². The van der Waals surface area contributed by atoms with E-state index in [1.165, 1.54) is 58.4 Å². The van der Waals surface area contributed by atoms with Crippen molar-refractivity contribution >= 4 is 5.84 Å². The summed E-state index contributed by atoms with van der Waals surface area (Å²) < 4.78 is 0. The van der Waals surface area contributed by atoms with Crippen molar-refractivity contribution in [3.63, 3.8) is 0 Å². The van der Waals surface area contributed by atoms with Crippen LogP contribution < -0.4 is 5.73 Å². The third-order valence-electron chi connectivity index (χ3n) is 5.21. The maximum Gasteiger partial charge on any atom is 0.144 e. The van der Waals surface area contributed by atoms with Crippen molar-refractivity contribution in [1.29, 1.82) is 0 Å². The fourth-order valence-corrected chi connectivity index (χ4v) is 3.65. The summed E-state index contributed by atoms with van der Waals surface area (Å²) in [4.78, 5) is 5.33. The smallest absolute Gasteiger partial charge is 0.144 e. The van der Waals surface area contributed by atoms with Gasteiger partial charge in [-0.05, 0) is 58.3 Å². The van der Waals surface area contributed by atoms with Gasteiger partial charge >= 0.3 is 0 Å². The summed E-state index contributed by atoms with van der Waals surface area (Å²) in [5.74, 6) is 0.346. The highest BCUT2D eigenvalue weighted by Crippen LogP contribution is 2.24. The van der Waals surface area contributed by atoms with E-state index < -0.39 is 0 Å². The van der Waals surface area contributed by atoms with Crippen molar-refractivity contribution in [3.05, 3.63) is 0 Å². The molecule has 21 heavy (non-hydrogen) atoms. The first-order chi connectivity index (χ1) is 10.0. The van der Waals surface area contributed by atoms with Gasteiger partial charge in [0.05, 0.1) is 0 Å². The lowest BCUT2D eigenvalue weighted by atomic mass is 9.86. The SMILES string of the molecule is CC(C)(CCCCN1CCCN2CCCC2C1)C(N)=NO. The Kier molecular flexibility index (Phi) is 5.88. The second-order valence-corrected chi connectivity index (χ2v) is 7.31. The van der Waals surface area contributed by atoms with Crippen molar-refractivity contribution in [2.75, 3.05) is 32.7 Å². The molecule has 122 valence electrons. The average molecular weight is 296 g/mol. The summed E-state index contributed by atoms with van der Waals surface area (Å²) in [5.41, 5.74) is 5.54. The molecule has 2 heterocycles. The van der Waals surface area contributed by atoms with E-state index in [9.17, 15) is 0 Å². The molecule has 0 amide bonds. The van der Waals surface area contributed by atoms with E-state index in [-0.39, 0.29) is 5.41 Å². The van der Waals surface area contributed by atoms with Crippen LogP contribution in [0, 0.1) is 5.41 Å². The topological polar surface area (TPSA) is 65.1 Å². The van der Waals surface area contributed by atoms with Crippen molar-refractivity contribution in [1.82, 2.24) is 9.80 Å². The lowest BCUT2D eigenvalue weighted by Crippen LogP contribution is -2.37. The van der Waals surface area contributed by atoms with Crippen LogP contribution in [0.25, 0.3) is 0 Å². The van der Waals surface area contributed by atoms with Crippen LogP contribution in [0.1, 0.15) is 52.4 Å². The monoisotopic (exact) mass is 296 g/mol. The van der Waals surface area contributed by atoms with Crippen molar-refractivity contribution < 1.29 is 5.21 Å². The normalized spacial score (nSPS) is 25.8. The summed E-state index contributed by atoms with van der Waals surface area (Å²) in [5, 5.41) is 12.0. The zero-order chi connectivity index (χ0) is 15.3. The first kappa shape index (κ1) is 16.6. The molecule has 2 aliphatic heterocycles. The fourth-order valence-electron chi connectivity index (χ4n) is 3.65. The van der Waals surface area contributed by atoms with E-state index in [4.69, 9.17) is 10.9 Å². The molecule has 0 aliphatic carbocycles. The van der Waals surface area contributed by atoms with Crippen molar-refractivity contribution in [2.24, 2.45) is 16.3 Å². The van der Waals surface area contributed by atoms with Gasteiger partial charge in [0.1, 0.15) is 5.84 Å². The highest BCUT2D eigenvalue weighted by Gasteiger charge is 2.28. The van der Waals surface area contributed by atoms with Gasteiger partial charge in [-0.3, -0.25) is 4.90 Å². The Morgan fingerprint density at radius 2 is 2.00 bits per heavy atom. The third-order valence-corrected chi connectivity index (χ3v) is 5.21. The summed E-state index contributed by atoms with van der Waals surface area (Å²) in [6.45, 7) is 10.4. The van der Waals surface area contributed by atoms with Gasteiger partial charge in [-0.15, -0.1) is 0 Å². The van der Waals surface area contributed by atoms with Crippen LogP contribution in [-0.4, -0.2) is 59.6 Å². The molecule has 5 nitrogen and oxygen atoms in total. The van der Waals surface area contributed by atoms with Crippen LogP contribution in [0.15, 0.2) is 5.16 Å². The number of oxime groups is 1. The minimum atomic E-state index is -0.199. The van der Waals surface area contributed by atoms with Crippen LogP contribution in [-0.2, 0) is 0 Å². The van der Waals surface area contributed by atoms with E-state index in [1.807, 2.05) is 13.8 Å². The van der Waals surface area contributed by atoms with Crippen LogP contribution in [0.3, 0.4) is 0 Å². The van der Waals surface area contributed by atoms with Gasteiger partial charge in [0.25, 0.3) is 0 Å². The summed E-state index contributed by atoms with van der Waals surface area (Å²) >= 11 is 0. The van der Waals surface area contributed by atoms with E-state index in [2.05, 4.69) is 15.0 Å². The van der Waals surface area contributed by atoms with Gasteiger partial charge < -0.3 is 15.8 Å². The lowest BCUT2D eigenvalue weighted by Gasteiger charge is -2.26. The number of nitrogens with zero attached hydrogens (tertiary/aromatic N) is 3. The second kappa shape index (κ2) is 7.45. The number of unbranched alkanes of at least 4 members (excludes halogenated alkanes) is 1. The molecule has 0 aromatic heterocycles. The van der Waals surface area contributed by atoms with E-state index in [0.29, 0.717) is 5.84 Å². The van der Waals surface area contributed by atoms with Gasteiger partial charge in [0, 0.05) is 18.0 Å². The number of hydrogen-bond donors (Lipinski definition) is 2. The first-order valence-electron chi connectivity index (χ1n) is 8.47. The van der Waals surface area contributed by atoms with Crippen molar-refractivity contribution in [2.45, 2.75) is 58.4 Å². The molecular weight excluding hydrogens is 264 g/mol. The number of rotatable bonds is 6. The fraction of sp³-hybridized carbons (Fsp3) is 0.938. The molecule has 0 radical (unpaired) electrons. The van der Waals surface area contributed by atoms with Crippen LogP contribution >= 0.6 is 0 Å². The molecular formula is C16H32N4O. The maximum atomic E-state index is 8.80. The molecule has 5 heteroatoms. The molecule has 2 rings (SSSR count). The zero-order valence-electron chi connectivity index (χ0n) is 13.7. The number of amidine groups is 1. The maximum absolute atomic E-state index is 8.80. The van der Waals surface area contributed by atoms with Gasteiger partial charge in [0.2, 0.25) is 0 Å². The number of hydrogen-bond acceptors (Lipinski definition) is 4. The minimum Gasteiger partial charge on any atom is -0.409 e. The lowest BCUT2D eigenvalue weighted by molar-refractivity contribution is 0.216. The number of nitrogens with two attached hydrogens (primary N) is 1. The highest BCUT2D eigenvalue weighted by atomic mass is 16.4. The van der Waals surface area contributed by atoms with Gasteiger partial charge in [0.15, 0.2) is 0 Å². The zero-order valence-corrected chi connectivity index (χ0v) is 13.7. The predicted octanol–water partition coefficient (Wildman–Crippen LogP) is 2.10. The van der Waals surface area contributed by atoms with E-state index in [1.54, 1.807) is 0 Å². The molecule has 0 aromatic carbocycles. The molecule has 1 atom stereocenters. The number of fused-ring (bicyclic) bond motifs is 1. The van der Waals surface area contributed by atoms with Gasteiger partial charge in [-0.25, -0.2) is 0 Å². The molecule has 0 aromatic rings. The van der Waals surface area contributed by atoms with Gasteiger partial charge in [-0.1, -0.05) is 25.4 Å². The first-order valence-corrected chi connectivity index (χ1v) is 8.47. The molecule has 0 bridgehead atoms.